The number of methoxy groups -OCH3 is 1. The summed E-state index contributed by atoms with van der Waals surface area (Å²) in [5.41, 5.74) is 4.96. The maximum Gasteiger partial charge on any atom is 0.251 e. The van der Waals surface area contributed by atoms with Crippen molar-refractivity contribution in [3.63, 3.8) is 0 Å². The Hall–Kier alpha value is -4.69. The average Bonchev–Trinajstić information content (AvgIpc) is 3.59. The van der Waals surface area contributed by atoms with Gasteiger partial charge in [0, 0.05) is 76.6 Å². The standard InChI is InChI=1S/C48H69N7O6/c1-29-39-24-35(48(39,3)4)25-40(29)51-46(59)43-42(30(2)57)41(28-56)61-55(43)27-32-18-15-19-38(44(32)60-11)33-21-34(23-37(22-33)52(5)6)45(58)50-36(20-31-16-13-12-14-17-31)26-49-47(53(7)8)54(9)10/h12-19,21-23,29-30,35-36,39-43,56-57H,20,24-28H2,1-11H3,(H,50,58)(H,51,59)/t29-,30-,35+,36-,39-,40-,41-,42+,43?/m0/s1. The number of amides is 2. The SMILES string of the molecule is COc1c(CN2O[C@@H](CO)[C@@H]([C@H](C)O)C2C(=O)N[C@H]2C[C@H]3C[C@@H]([C@@H]2C)C3(C)C)cccc1-c1cc(C(=O)N[C@H](CN=C(N(C)C)N(C)C)Cc2ccccc2)cc(N(C)C)c1. The Morgan fingerprint density at radius 1 is 1.00 bits per heavy atom. The second-order valence-electron chi connectivity index (χ2n) is 18.7. The molecule has 4 N–H and O–H groups in total. The van der Waals surface area contributed by atoms with Crippen LogP contribution in [0.3, 0.4) is 0 Å². The number of ether oxygens (including phenoxy) is 1. The molecule has 3 aromatic carbocycles. The highest BCUT2D eigenvalue weighted by atomic mass is 16.7. The molecule has 0 radical (unpaired) electrons. The molecule has 1 unspecified atom stereocenters. The summed E-state index contributed by atoms with van der Waals surface area (Å²) in [6.45, 7) is 8.74. The molecule has 13 heteroatoms. The van der Waals surface area contributed by atoms with E-state index in [2.05, 4.69) is 43.5 Å². The quantitative estimate of drug-likeness (QED) is 0.123. The molecule has 9 atom stereocenters. The first kappa shape index (κ1) is 45.8. The van der Waals surface area contributed by atoms with Crippen LogP contribution in [0.5, 0.6) is 5.75 Å². The molecule has 13 nitrogen and oxygen atoms in total. The summed E-state index contributed by atoms with van der Waals surface area (Å²) in [5.74, 6) is 1.70. The Balaban J connectivity index is 1.29. The van der Waals surface area contributed by atoms with Gasteiger partial charge in [-0.1, -0.05) is 69.3 Å². The van der Waals surface area contributed by atoms with Crippen LogP contribution in [0.25, 0.3) is 11.1 Å². The Bertz CT molecular complexity index is 2010. The lowest BCUT2D eigenvalue weighted by molar-refractivity contribution is -0.183. The molecule has 1 saturated heterocycles. The Kier molecular flexibility index (Phi) is 14.4. The van der Waals surface area contributed by atoms with Crippen LogP contribution in [0.2, 0.25) is 0 Å². The number of anilines is 1. The van der Waals surface area contributed by atoms with E-state index in [-0.39, 0.29) is 42.5 Å². The lowest BCUT2D eigenvalue weighted by atomic mass is 9.45. The molecule has 4 aliphatic rings. The van der Waals surface area contributed by atoms with Crippen molar-refractivity contribution < 1.29 is 29.4 Å². The number of rotatable bonds is 15. The third kappa shape index (κ3) is 9.85. The zero-order chi connectivity index (χ0) is 44.3. The molecule has 3 saturated carbocycles. The Morgan fingerprint density at radius 3 is 2.30 bits per heavy atom. The van der Waals surface area contributed by atoms with Crippen LogP contribution in [0.15, 0.2) is 71.7 Å². The summed E-state index contributed by atoms with van der Waals surface area (Å²) >= 11 is 0. The third-order valence-electron chi connectivity index (χ3n) is 13.6. The van der Waals surface area contributed by atoms with Gasteiger partial charge in [0.25, 0.3) is 5.91 Å². The van der Waals surface area contributed by atoms with Gasteiger partial charge < -0.3 is 40.3 Å². The van der Waals surface area contributed by atoms with Gasteiger partial charge in [-0.05, 0) is 78.7 Å². The number of aliphatic hydroxyl groups is 2. The van der Waals surface area contributed by atoms with Crippen molar-refractivity contribution in [3.05, 3.63) is 83.4 Å². The zero-order valence-electron chi connectivity index (χ0n) is 38.1. The fraction of sp³-hybridized carbons (Fsp3) is 0.562. The first-order valence-electron chi connectivity index (χ1n) is 21.7. The van der Waals surface area contributed by atoms with Crippen LogP contribution < -0.4 is 20.3 Å². The molecule has 0 aromatic heterocycles. The van der Waals surface area contributed by atoms with Gasteiger partial charge in [0.15, 0.2) is 5.96 Å². The predicted molar refractivity (Wildman–Crippen MR) is 241 cm³/mol. The van der Waals surface area contributed by atoms with E-state index in [4.69, 9.17) is 14.6 Å². The lowest BCUT2D eigenvalue weighted by Gasteiger charge is -2.62. The highest BCUT2D eigenvalue weighted by molar-refractivity contribution is 5.97. The van der Waals surface area contributed by atoms with Crippen LogP contribution in [0, 0.1) is 29.1 Å². The van der Waals surface area contributed by atoms with Gasteiger partial charge >= 0.3 is 0 Å². The monoisotopic (exact) mass is 840 g/mol. The van der Waals surface area contributed by atoms with Gasteiger partial charge in [-0.15, -0.1) is 0 Å². The number of guanidine groups is 1. The molecule has 2 bridgehead atoms. The molecule has 3 aromatic rings. The van der Waals surface area contributed by atoms with E-state index in [1.165, 1.54) is 6.42 Å². The number of benzene rings is 3. The van der Waals surface area contributed by atoms with Crippen LogP contribution >= 0.6 is 0 Å². The average molecular weight is 840 g/mol. The lowest BCUT2D eigenvalue weighted by Crippen LogP contribution is -2.62. The summed E-state index contributed by atoms with van der Waals surface area (Å²) in [6.07, 6.45) is 1.03. The minimum Gasteiger partial charge on any atom is -0.496 e. The minimum atomic E-state index is -0.914. The number of nitrogens with one attached hydrogen (secondary N) is 2. The van der Waals surface area contributed by atoms with Crippen molar-refractivity contribution in [2.24, 2.45) is 34.1 Å². The number of aliphatic imine (C=N–C) groups is 1. The molecule has 0 spiro atoms. The molecule has 1 aliphatic heterocycles. The number of hydroxylamine groups is 2. The smallest absolute Gasteiger partial charge is 0.251 e. The number of carbonyl (C=O) groups excluding carboxylic acids is 2. The second-order valence-corrected chi connectivity index (χ2v) is 18.7. The van der Waals surface area contributed by atoms with E-state index < -0.39 is 24.2 Å². The van der Waals surface area contributed by atoms with E-state index >= 15 is 0 Å². The van der Waals surface area contributed by atoms with Crippen molar-refractivity contribution in [1.29, 1.82) is 0 Å². The molecule has 4 fully saturated rings. The number of carbonyl (C=O) groups is 2. The van der Waals surface area contributed by atoms with Gasteiger partial charge in [-0.2, -0.15) is 5.06 Å². The van der Waals surface area contributed by atoms with E-state index in [9.17, 15) is 19.8 Å². The van der Waals surface area contributed by atoms with Gasteiger partial charge in [0.2, 0.25) is 5.91 Å². The highest BCUT2D eigenvalue weighted by Gasteiger charge is 2.57. The summed E-state index contributed by atoms with van der Waals surface area (Å²) in [6, 6.07) is 20.6. The van der Waals surface area contributed by atoms with Crippen molar-refractivity contribution in [2.45, 2.75) is 83.8 Å². The summed E-state index contributed by atoms with van der Waals surface area (Å²) in [4.78, 5) is 45.8. The molecule has 332 valence electrons. The molecular formula is C48H69N7O6. The largest absolute Gasteiger partial charge is 0.496 e. The second kappa shape index (κ2) is 19.1. The fourth-order valence-electron chi connectivity index (χ4n) is 10.2. The van der Waals surface area contributed by atoms with Crippen LogP contribution in [0.1, 0.15) is 62.0 Å². The number of nitrogens with zero attached hydrogens (tertiary/aromatic N) is 5. The van der Waals surface area contributed by atoms with Crippen LogP contribution in [-0.4, -0.2) is 136 Å². The summed E-state index contributed by atoms with van der Waals surface area (Å²) < 4.78 is 6.14. The van der Waals surface area contributed by atoms with E-state index in [1.54, 1.807) is 19.1 Å². The van der Waals surface area contributed by atoms with Crippen molar-refractivity contribution in [1.82, 2.24) is 25.5 Å². The van der Waals surface area contributed by atoms with Crippen molar-refractivity contribution in [3.8, 4) is 16.9 Å². The molecular weight excluding hydrogens is 771 g/mol. The van der Waals surface area contributed by atoms with Crippen LogP contribution in [0.4, 0.5) is 5.69 Å². The first-order valence-corrected chi connectivity index (χ1v) is 21.7. The molecule has 1 heterocycles. The topological polar surface area (TPSA) is 142 Å². The molecule has 7 rings (SSSR count). The van der Waals surface area contributed by atoms with Crippen LogP contribution in [-0.2, 0) is 22.6 Å². The molecule has 61 heavy (non-hydrogen) atoms. The fourth-order valence-corrected chi connectivity index (χ4v) is 10.2. The maximum atomic E-state index is 14.4. The van der Waals surface area contributed by atoms with E-state index in [0.29, 0.717) is 42.0 Å². The first-order chi connectivity index (χ1) is 28.9. The molecule has 2 amide bonds. The van der Waals surface area contributed by atoms with E-state index in [1.807, 2.05) is 112 Å². The number of hydrogen-bond donors (Lipinski definition) is 4. The van der Waals surface area contributed by atoms with Gasteiger partial charge in [0.1, 0.15) is 17.9 Å². The van der Waals surface area contributed by atoms with Gasteiger partial charge in [-0.3, -0.25) is 19.4 Å². The maximum absolute atomic E-state index is 14.4. The normalized spacial score (nSPS) is 25.1. The van der Waals surface area contributed by atoms with Gasteiger partial charge in [0.05, 0.1) is 39.0 Å². The number of fused-ring (bicyclic) bond motifs is 2. The summed E-state index contributed by atoms with van der Waals surface area (Å²) in [5, 5.41) is 29.7. The van der Waals surface area contributed by atoms with E-state index in [0.717, 1.165) is 40.3 Å². The number of para-hydroxylation sites is 1. The molecule has 3 aliphatic carbocycles. The predicted octanol–water partition coefficient (Wildman–Crippen LogP) is 4.91. The van der Waals surface area contributed by atoms with Gasteiger partial charge in [-0.25, -0.2) is 0 Å². The summed E-state index contributed by atoms with van der Waals surface area (Å²) in [7, 11) is 13.3. The number of aliphatic hydroxyl groups excluding tert-OH is 2. The Morgan fingerprint density at radius 2 is 1.70 bits per heavy atom. The Labute approximate surface area is 363 Å². The minimum absolute atomic E-state index is 0.0251. The number of hydrogen-bond acceptors (Lipinski definition) is 9. The van der Waals surface area contributed by atoms with Crippen molar-refractivity contribution in [2.75, 3.05) is 67.4 Å². The third-order valence-corrected chi connectivity index (χ3v) is 13.6. The highest BCUT2D eigenvalue weighted by Crippen LogP contribution is 2.61. The zero-order valence-corrected chi connectivity index (χ0v) is 38.1. The van der Waals surface area contributed by atoms with Crippen molar-refractivity contribution >= 4 is 23.5 Å².